The van der Waals surface area contributed by atoms with Crippen molar-refractivity contribution in [2.24, 2.45) is 5.73 Å². The first-order valence-corrected chi connectivity index (χ1v) is 7.11. The lowest BCUT2D eigenvalue weighted by Crippen LogP contribution is -2.19. The highest BCUT2D eigenvalue weighted by molar-refractivity contribution is 7.09. The zero-order valence-electron chi connectivity index (χ0n) is 10.4. The van der Waals surface area contributed by atoms with Crippen molar-refractivity contribution in [3.63, 3.8) is 0 Å². The molecule has 1 aromatic heterocycles. The van der Waals surface area contributed by atoms with Crippen molar-refractivity contribution in [2.45, 2.75) is 32.0 Å². The number of nitrogens with two attached hydrogens (primary N) is 1. The molecule has 0 bridgehead atoms. The maximum absolute atomic E-state index is 6.16. The highest BCUT2D eigenvalue weighted by Gasteiger charge is 2.27. The molecule has 0 saturated carbocycles. The predicted octanol–water partition coefficient (Wildman–Crippen LogP) is 2.69. The Hall–Kier alpha value is -1.23. The summed E-state index contributed by atoms with van der Waals surface area (Å²) in [6.07, 6.45) is 0.976. The third-order valence-electron chi connectivity index (χ3n) is 3.43. The van der Waals surface area contributed by atoms with Crippen LogP contribution in [0.3, 0.4) is 0 Å². The van der Waals surface area contributed by atoms with E-state index in [0.29, 0.717) is 6.04 Å². The number of rotatable bonds is 3. The third kappa shape index (κ3) is 2.19. The van der Waals surface area contributed by atoms with E-state index in [0.717, 1.165) is 23.7 Å². The van der Waals surface area contributed by atoms with Crippen LogP contribution in [0.25, 0.3) is 0 Å². The van der Waals surface area contributed by atoms with Gasteiger partial charge in [0.15, 0.2) is 0 Å². The van der Waals surface area contributed by atoms with Gasteiger partial charge in [-0.05, 0) is 24.5 Å². The van der Waals surface area contributed by atoms with Crippen molar-refractivity contribution < 1.29 is 0 Å². The first-order valence-electron chi connectivity index (χ1n) is 6.23. The number of nitrogens with one attached hydrogen (secondary N) is 1. The Morgan fingerprint density at radius 1 is 1.39 bits per heavy atom. The zero-order chi connectivity index (χ0) is 12.5. The second-order valence-corrected chi connectivity index (χ2v) is 5.73. The predicted molar refractivity (Wildman–Crippen MR) is 74.4 cm³/mol. The van der Waals surface area contributed by atoms with Crippen LogP contribution in [-0.2, 0) is 6.54 Å². The summed E-state index contributed by atoms with van der Waals surface area (Å²) < 4.78 is 0. The molecule has 0 saturated heterocycles. The second-order valence-electron chi connectivity index (χ2n) is 4.79. The van der Waals surface area contributed by atoms with Crippen molar-refractivity contribution >= 4 is 11.3 Å². The number of aromatic nitrogens is 1. The van der Waals surface area contributed by atoms with E-state index in [-0.39, 0.29) is 6.04 Å². The molecule has 0 spiro atoms. The van der Waals surface area contributed by atoms with E-state index in [1.165, 1.54) is 11.1 Å². The van der Waals surface area contributed by atoms with E-state index in [1.54, 1.807) is 11.3 Å². The molecular formula is C14H17N3S. The van der Waals surface area contributed by atoms with Crippen molar-refractivity contribution in [1.82, 2.24) is 10.3 Å². The maximum Gasteiger partial charge on any atom is 0.107 e. The van der Waals surface area contributed by atoms with Crippen LogP contribution in [0.1, 0.15) is 40.3 Å². The fraction of sp³-hybridized carbons (Fsp3) is 0.357. The SMILES string of the molecule is Cc1csc(CNC2CC(N)c3ccccc32)n1. The molecule has 94 valence electrons. The Balaban J connectivity index is 1.72. The molecule has 4 heteroatoms. The molecular weight excluding hydrogens is 242 g/mol. The number of benzene rings is 1. The fourth-order valence-corrected chi connectivity index (χ4v) is 3.28. The van der Waals surface area contributed by atoms with Crippen LogP contribution in [0, 0.1) is 6.92 Å². The first-order chi connectivity index (χ1) is 8.74. The van der Waals surface area contributed by atoms with Crippen LogP contribution in [-0.4, -0.2) is 4.98 Å². The topological polar surface area (TPSA) is 50.9 Å². The summed E-state index contributed by atoms with van der Waals surface area (Å²) in [6, 6.07) is 8.98. The van der Waals surface area contributed by atoms with E-state index in [4.69, 9.17) is 5.73 Å². The van der Waals surface area contributed by atoms with E-state index < -0.39 is 0 Å². The van der Waals surface area contributed by atoms with Crippen LogP contribution in [0.15, 0.2) is 29.6 Å². The lowest BCUT2D eigenvalue weighted by molar-refractivity contribution is 0.498. The first kappa shape index (κ1) is 11.8. The van der Waals surface area contributed by atoms with Crippen molar-refractivity contribution in [2.75, 3.05) is 0 Å². The molecule has 3 rings (SSSR count). The molecule has 1 aromatic carbocycles. The van der Waals surface area contributed by atoms with Gasteiger partial charge in [-0.1, -0.05) is 24.3 Å². The van der Waals surface area contributed by atoms with Gasteiger partial charge in [-0.25, -0.2) is 4.98 Å². The molecule has 18 heavy (non-hydrogen) atoms. The minimum absolute atomic E-state index is 0.164. The number of nitrogens with zero attached hydrogens (tertiary/aromatic N) is 1. The zero-order valence-corrected chi connectivity index (χ0v) is 11.2. The molecule has 0 radical (unpaired) electrons. The number of hydrogen-bond acceptors (Lipinski definition) is 4. The number of fused-ring (bicyclic) bond motifs is 1. The van der Waals surface area contributed by atoms with Crippen molar-refractivity contribution in [1.29, 1.82) is 0 Å². The molecule has 1 heterocycles. The van der Waals surface area contributed by atoms with Crippen molar-refractivity contribution in [3.05, 3.63) is 51.5 Å². The lowest BCUT2D eigenvalue weighted by atomic mass is 10.1. The number of aryl methyl sites for hydroxylation is 1. The van der Waals surface area contributed by atoms with Gasteiger partial charge in [-0.2, -0.15) is 0 Å². The Morgan fingerprint density at radius 2 is 2.17 bits per heavy atom. The van der Waals surface area contributed by atoms with E-state index >= 15 is 0 Å². The minimum atomic E-state index is 0.164. The Labute approximate surface area is 111 Å². The van der Waals surface area contributed by atoms with Crippen LogP contribution in [0.4, 0.5) is 0 Å². The summed E-state index contributed by atoms with van der Waals surface area (Å²) in [4.78, 5) is 4.47. The summed E-state index contributed by atoms with van der Waals surface area (Å²) in [5.74, 6) is 0. The molecule has 2 unspecified atom stereocenters. The van der Waals surface area contributed by atoms with E-state index in [9.17, 15) is 0 Å². The molecule has 3 N–H and O–H groups in total. The van der Waals surface area contributed by atoms with Crippen LogP contribution in [0.5, 0.6) is 0 Å². The van der Waals surface area contributed by atoms with Gasteiger partial charge in [0, 0.05) is 29.7 Å². The number of hydrogen-bond donors (Lipinski definition) is 2. The summed E-state index contributed by atoms with van der Waals surface area (Å²) in [5, 5.41) is 6.80. The average molecular weight is 259 g/mol. The van der Waals surface area contributed by atoms with Crippen LogP contribution in [0.2, 0.25) is 0 Å². The summed E-state index contributed by atoms with van der Waals surface area (Å²) >= 11 is 1.71. The summed E-state index contributed by atoms with van der Waals surface area (Å²) in [6.45, 7) is 2.85. The normalized spacial score (nSPS) is 22.1. The van der Waals surface area contributed by atoms with Crippen LogP contribution < -0.4 is 11.1 Å². The maximum atomic E-state index is 6.16. The Morgan fingerprint density at radius 3 is 2.89 bits per heavy atom. The molecule has 2 atom stereocenters. The van der Waals surface area contributed by atoms with Gasteiger partial charge in [0.1, 0.15) is 5.01 Å². The summed E-state index contributed by atoms with van der Waals surface area (Å²) in [5.41, 5.74) is 9.88. The molecule has 0 aliphatic heterocycles. The van der Waals surface area contributed by atoms with Gasteiger partial charge < -0.3 is 11.1 Å². The van der Waals surface area contributed by atoms with E-state index in [1.807, 2.05) is 6.92 Å². The lowest BCUT2D eigenvalue weighted by Gasteiger charge is -2.12. The third-order valence-corrected chi connectivity index (χ3v) is 4.39. The standard InChI is InChI=1S/C14H17N3S/c1-9-8-18-14(17-9)7-16-13-6-12(15)10-4-2-3-5-11(10)13/h2-5,8,12-13,16H,6-7,15H2,1H3. The highest BCUT2D eigenvalue weighted by atomic mass is 32.1. The Kier molecular flexibility index (Phi) is 3.16. The molecule has 1 aliphatic carbocycles. The van der Waals surface area contributed by atoms with Gasteiger partial charge in [-0.3, -0.25) is 0 Å². The molecule has 3 nitrogen and oxygen atoms in total. The molecule has 2 aromatic rings. The van der Waals surface area contributed by atoms with Gasteiger partial charge in [0.05, 0.1) is 0 Å². The largest absolute Gasteiger partial charge is 0.324 e. The minimum Gasteiger partial charge on any atom is -0.324 e. The van der Waals surface area contributed by atoms with Gasteiger partial charge in [-0.15, -0.1) is 11.3 Å². The van der Waals surface area contributed by atoms with Crippen LogP contribution >= 0.6 is 11.3 Å². The van der Waals surface area contributed by atoms with E-state index in [2.05, 4.69) is 39.9 Å². The monoisotopic (exact) mass is 259 g/mol. The smallest absolute Gasteiger partial charge is 0.107 e. The fourth-order valence-electron chi connectivity index (χ4n) is 2.56. The van der Waals surface area contributed by atoms with Gasteiger partial charge in [0.2, 0.25) is 0 Å². The van der Waals surface area contributed by atoms with Crippen molar-refractivity contribution in [3.8, 4) is 0 Å². The second kappa shape index (κ2) is 4.80. The average Bonchev–Trinajstić information content (AvgIpc) is 2.92. The molecule has 0 fully saturated rings. The Bertz CT molecular complexity index is 549. The van der Waals surface area contributed by atoms with Gasteiger partial charge >= 0.3 is 0 Å². The highest BCUT2D eigenvalue weighted by Crippen LogP contribution is 2.37. The molecule has 0 amide bonds. The quantitative estimate of drug-likeness (QED) is 0.891. The van der Waals surface area contributed by atoms with Gasteiger partial charge in [0.25, 0.3) is 0 Å². The summed E-state index contributed by atoms with van der Waals surface area (Å²) in [7, 11) is 0. The number of thiazole rings is 1. The molecule has 1 aliphatic rings.